The van der Waals surface area contributed by atoms with Gasteiger partial charge in [0, 0.05) is 17.0 Å². The Morgan fingerprint density at radius 2 is 1.72 bits per heavy atom. The van der Waals surface area contributed by atoms with Crippen molar-refractivity contribution in [3.05, 3.63) is 93.8 Å². The maximum atomic E-state index is 12.9. The van der Waals surface area contributed by atoms with Gasteiger partial charge in [-0.05, 0) is 60.0 Å². The maximum Gasteiger partial charge on any atom is 0.416 e. The van der Waals surface area contributed by atoms with Crippen molar-refractivity contribution in [3.63, 3.8) is 0 Å². The van der Waals surface area contributed by atoms with Gasteiger partial charge in [0.05, 0.1) is 12.7 Å². The number of fused-ring (bicyclic) bond motifs is 1. The van der Waals surface area contributed by atoms with Crippen LogP contribution in [0.25, 0.3) is 22.1 Å². The van der Waals surface area contributed by atoms with Gasteiger partial charge < -0.3 is 13.9 Å². The van der Waals surface area contributed by atoms with E-state index in [1.165, 1.54) is 12.1 Å². The topological polar surface area (TPSA) is 48.7 Å². The fraction of sp³-hybridized carbons (Fsp3) is 0.160. The van der Waals surface area contributed by atoms with Gasteiger partial charge in [-0.15, -0.1) is 0 Å². The first-order valence-electron chi connectivity index (χ1n) is 9.77. The second-order valence-corrected chi connectivity index (χ2v) is 7.26. The molecule has 0 bridgehead atoms. The van der Waals surface area contributed by atoms with E-state index in [1.807, 2.05) is 12.1 Å². The third-order valence-electron chi connectivity index (χ3n) is 5.16. The molecule has 0 amide bonds. The van der Waals surface area contributed by atoms with E-state index in [0.29, 0.717) is 33.8 Å². The van der Waals surface area contributed by atoms with Crippen LogP contribution in [-0.2, 0) is 12.8 Å². The summed E-state index contributed by atoms with van der Waals surface area (Å²) >= 11 is 0. The summed E-state index contributed by atoms with van der Waals surface area (Å²) in [5.74, 6) is 1.12. The summed E-state index contributed by atoms with van der Waals surface area (Å²) < 4.78 is 55.2. The molecule has 4 aromatic rings. The zero-order valence-corrected chi connectivity index (χ0v) is 17.3. The average molecular weight is 440 g/mol. The summed E-state index contributed by atoms with van der Waals surface area (Å²) in [6, 6.07) is 17.2. The predicted octanol–water partition coefficient (Wildman–Crippen LogP) is 6.37. The highest BCUT2D eigenvalue weighted by atomic mass is 19.4. The quantitative estimate of drug-likeness (QED) is 0.338. The first-order valence-corrected chi connectivity index (χ1v) is 9.77. The van der Waals surface area contributed by atoms with Gasteiger partial charge in [0.2, 0.25) is 0 Å². The molecule has 4 nitrogen and oxygen atoms in total. The highest BCUT2D eigenvalue weighted by molar-refractivity contribution is 5.95. The Morgan fingerprint density at radius 1 is 0.969 bits per heavy atom. The molecule has 1 heterocycles. The molecule has 3 aromatic carbocycles. The lowest BCUT2D eigenvalue weighted by molar-refractivity contribution is -0.137. The SMILES string of the molecule is COc1ccc(-c2cc(=O)oc3c(C)c(OCc4cccc(C(F)(F)F)c4)ccc23)cc1. The highest BCUT2D eigenvalue weighted by Gasteiger charge is 2.30. The van der Waals surface area contributed by atoms with Crippen LogP contribution in [-0.4, -0.2) is 7.11 Å². The summed E-state index contributed by atoms with van der Waals surface area (Å²) in [4.78, 5) is 12.2. The molecule has 0 fully saturated rings. The average Bonchev–Trinajstić information content (AvgIpc) is 2.78. The molecule has 0 aliphatic carbocycles. The standard InChI is InChI=1S/C25H19F3O4/c1-15-22(31-14-16-4-3-5-18(12-16)25(26,27)28)11-10-20-21(13-23(29)32-24(15)20)17-6-8-19(30-2)9-7-17/h3-13H,14H2,1-2H3. The highest BCUT2D eigenvalue weighted by Crippen LogP contribution is 2.34. The lowest BCUT2D eigenvalue weighted by Gasteiger charge is -2.14. The number of hydrogen-bond donors (Lipinski definition) is 0. The molecule has 32 heavy (non-hydrogen) atoms. The first-order chi connectivity index (χ1) is 15.3. The lowest BCUT2D eigenvalue weighted by atomic mass is 10.00. The third-order valence-corrected chi connectivity index (χ3v) is 5.16. The Labute approximate surface area is 181 Å². The van der Waals surface area contributed by atoms with E-state index in [2.05, 4.69) is 0 Å². The van der Waals surface area contributed by atoms with Crippen LogP contribution in [0.1, 0.15) is 16.7 Å². The molecule has 7 heteroatoms. The molecule has 0 saturated heterocycles. The summed E-state index contributed by atoms with van der Waals surface area (Å²) in [5, 5.41) is 0.721. The van der Waals surface area contributed by atoms with Gasteiger partial charge in [0.1, 0.15) is 23.7 Å². The number of rotatable bonds is 5. The molecule has 4 rings (SSSR count). The van der Waals surface area contributed by atoms with Crippen LogP contribution in [0.15, 0.2) is 75.9 Å². The van der Waals surface area contributed by atoms with Crippen LogP contribution in [0.4, 0.5) is 13.2 Å². The van der Waals surface area contributed by atoms with Gasteiger partial charge in [-0.25, -0.2) is 4.79 Å². The van der Waals surface area contributed by atoms with Crippen molar-refractivity contribution < 1.29 is 27.1 Å². The van der Waals surface area contributed by atoms with Crippen molar-refractivity contribution in [2.45, 2.75) is 19.7 Å². The maximum absolute atomic E-state index is 12.9. The first kappa shape index (κ1) is 21.5. The van der Waals surface area contributed by atoms with E-state index >= 15 is 0 Å². The molecule has 0 aliphatic rings. The molecular formula is C25H19F3O4. The molecule has 0 aliphatic heterocycles. The van der Waals surface area contributed by atoms with Crippen LogP contribution >= 0.6 is 0 Å². The van der Waals surface area contributed by atoms with Gasteiger partial charge in [-0.2, -0.15) is 13.2 Å². The Morgan fingerprint density at radius 3 is 2.41 bits per heavy atom. The molecule has 0 saturated carbocycles. The Balaban J connectivity index is 1.68. The number of benzene rings is 3. The summed E-state index contributed by atoms with van der Waals surface area (Å²) in [6.07, 6.45) is -4.42. The van der Waals surface area contributed by atoms with E-state index in [-0.39, 0.29) is 6.61 Å². The van der Waals surface area contributed by atoms with E-state index in [0.717, 1.165) is 23.1 Å². The predicted molar refractivity (Wildman–Crippen MR) is 115 cm³/mol. The van der Waals surface area contributed by atoms with Crippen LogP contribution in [0.3, 0.4) is 0 Å². The molecule has 1 aromatic heterocycles. The monoisotopic (exact) mass is 440 g/mol. The molecular weight excluding hydrogens is 421 g/mol. The molecule has 0 unspecified atom stereocenters. The molecule has 0 radical (unpaired) electrons. The van der Waals surface area contributed by atoms with Crippen molar-refractivity contribution in [2.75, 3.05) is 7.11 Å². The minimum atomic E-state index is -4.42. The van der Waals surface area contributed by atoms with Crippen molar-refractivity contribution in [1.29, 1.82) is 0 Å². The van der Waals surface area contributed by atoms with Crippen molar-refractivity contribution in [2.24, 2.45) is 0 Å². The smallest absolute Gasteiger partial charge is 0.416 e. The van der Waals surface area contributed by atoms with E-state index in [9.17, 15) is 18.0 Å². The van der Waals surface area contributed by atoms with Gasteiger partial charge in [0.25, 0.3) is 0 Å². The Hall–Kier alpha value is -3.74. The van der Waals surface area contributed by atoms with Crippen LogP contribution in [0, 0.1) is 6.92 Å². The lowest BCUT2D eigenvalue weighted by Crippen LogP contribution is -2.06. The zero-order valence-electron chi connectivity index (χ0n) is 17.3. The molecule has 0 N–H and O–H groups in total. The fourth-order valence-corrected chi connectivity index (χ4v) is 3.51. The molecule has 0 spiro atoms. The van der Waals surface area contributed by atoms with E-state index in [1.54, 1.807) is 44.4 Å². The third kappa shape index (κ3) is 4.32. The van der Waals surface area contributed by atoms with E-state index in [4.69, 9.17) is 13.9 Å². The normalized spacial score (nSPS) is 11.5. The van der Waals surface area contributed by atoms with Gasteiger partial charge in [-0.1, -0.05) is 24.3 Å². The summed E-state index contributed by atoms with van der Waals surface area (Å²) in [5.41, 5.74) is 1.61. The van der Waals surface area contributed by atoms with Gasteiger partial charge >= 0.3 is 11.8 Å². The van der Waals surface area contributed by atoms with Gasteiger partial charge in [-0.3, -0.25) is 0 Å². The second-order valence-electron chi connectivity index (χ2n) is 7.26. The number of hydrogen-bond acceptors (Lipinski definition) is 4. The molecule has 164 valence electrons. The summed E-state index contributed by atoms with van der Waals surface area (Å²) in [7, 11) is 1.58. The fourth-order valence-electron chi connectivity index (χ4n) is 3.51. The second kappa shape index (κ2) is 8.42. The number of methoxy groups -OCH3 is 1. The van der Waals surface area contributed by atoms with Crippen LogP contribution in [0.2, 0.25) is 0 Å². The van der Waals surface area contributed by atoms with Crippen molar-refractivity contribution in [1.82, 2.24) is 0 Å². The van der Waals surface area contributed by atoms with Crippen LogP contribution in [0.5, 0.6) is 11.5 Å². The van der Waals surface area contributed by atoms with Crippen LogP contribution < -0.4 is 15.1 Å². The minimum Gasteiger partial charge on any atom is -0.497 e. The Bertz CT molecular complexity index is 1320. The minimum absolute atomic E-state index is 0.0569. The number of alkyl halides is 3. The number of halogens is 3. The molecule has 0 atom stereocenters. The number of ether oxygens (including phenoxy) is 2. The van der Waals surface area contributed by atoms with Crippen molar-refractivity contribution in [3.8, 4) is 22.6 Å². The summed E-state index contributed by atoms with van der Waals surface area (Å²) in [6.45, 7) is 1.68. The van der Waals surface area contributed by atoms with E-state index < -0.39 is 17.4 Å². The zero-order chi connectivity index (χ0) is 22.9. The largest absolute Gasteiger partial charge is 0.497 e. The van der Waals surface area contributed by atoms with Crippen molar-refractivity contribution >= 4 is 11.0 Å². The number of aryl methyl sites for hydroxylation is 1. The Kier molecular flexibility index (Phi) is 5.65. The van der Waals surface area contributed by atoms with Gasteiger partial charge in [0.15, 0.2) is 0 Å².